The van der Waals surface area contributed by atoms with Crippen LogP contribution >= 0.6 is 24.0 Å². The van der Waals surface area contributed by atoms with Crippen LogP contribution in [0.15, 0.2) is 65.7 Å². The van der Waals surface area contributed by atoms with E-state index in [-0.39, 0.29) is 29.9 Å². The lowest BCUT2D eigenvalue weighted by Gasteiger charge is -2.36. The van der Waals surface area contributed by atoms with Crippen LogP contribution in [-0.4, -0.2) is 68.5 Å². The van der Waals surface area contributed by atoms with E-state index in [0.29, 0.717) is 19.5 Å². The second-order valence-corrected chi connectivity index (χ2v) is 7.40. The third kappa shape index (κ3) is 7.19. The Bertz CT molecular complexity index is 790. The van der Waals surface area contributed by atoms with E-state index in [1.807, 2.05) is 48.2 Å². The van der Waals surface area contributed by atoms with Crippen molar-refractivity contribution in [2.75, 3.05) is 51.7 Å². The first kappa shape index (κ1) is 24.0. The van der Waals surface area contributed by atoms with Crippen LogP contribution in [0.5, 0.6) is 0 Å². The molecule has 1 fully saturated rings. The molecule has 0 aliphatic carbocycles. The summed E-state index contributed by atoms with van der Waals surface area (Å²) in [6.07, 6.45) is 0.476. The highest BCUT2D eigenvalue weighted by Crippen LogP contribution is 2.15. The van der Waals surface area contributed by atoms with Crippen molar-refractivity contribution in [3.8, 4) is 0 Å². The van der Waals surface area contributed by atoms with Gasteiger partial charge in [0.15, 0.2) is 5.96 Å². The molecule has 0 saturated carbocycles. The first-order chi connectivity index (χ1) is 14.1. The molecule has 2 aromatic rings. The minimum Gasteiger partial charge on any atom is -0.368 e. The molecule has 7 heteroatoms. The number of nitrogens with zero attached hydrogens (tertiary/aromatic N) is 4. The molecule has 0 aromatic heterocycles. The lowest BCUT2D eigenvalue weighted by molar-refractivity contribution is -0.131. The summed E-state index contributed by atoms with van der Waals surface area (Å²) in [5.74, 6) is 1.00. The van der Waals surface area contributed by atoms with Gasteiger partial charge in [0.05, 0.1) is 6.54 Å². The van der Waals surface area contributed by atoms with E-state index in [0.717, 1.165) is 32.1 Å². The number of amides is 1. The van der Waals surface area contributed by atoms with Gasteiger partial charge in [-0.15, -0.1) is 24.0 Å². The van der Waals surface area contributed by atoms with Gasteiger partial charge in [0, 0.05) is 58.9 Å². The van der Waals surface area contributed by atoms with Crippen LogP contribution in [0.1, 0.15) is 12.0 Å². The second kappa shape index (κ2) is 12.4. The topological polar surface area (TPSA) is 51.2 Å². The number of hydrogen-bond acceptors (Lipinski definition) is 3. The summed E-state index contributed by atoms with van der Waals surface area (Å²) in [5.41, 5.74) is 2.40. The van der Waals surface area contributed by atoms with Crippen molar-refractivity contribution >= 4 is 41.5 Å². The molecule has 0 radical (unpaired) electrons. The van der Waals surface area contributed by atoms with Crippen molar-refractivity contribution in [3.63, 3.8) is 0 Å². The highest BCUT2D eigenvalue weighted by atomic mass is 127. The van der Waals surface area contributed by atoms with Gasteiger partial charge in [-0.25, -0.2) is 4.99 Å². The van der Waals surface area contributed by atoms with E-state index in [9.17, 15) is 4.79 Å². The maximum Gasteiger partial charge on any atom is 0.224 e. The Kier molecular flexibility index (Phi) is 9.93. The molecule has 1 amide bonds. The quantitative estimate of drug-likeness (QED) is 0.361. The SMILES string of the molecule is CN(C)C(=NCc1ccccc1)NCCC(=O)N1CCN(c2ccccc2)CC1.I. The number of piperazine rings is 1. The molecule has 1 aliphatic heterocycles. The Morgan fingerprint density at radius 1 is 0.967 bits per heavy atom. The molecule has 3 rings (SSSR count). The van der Waals surface area contributed by atoms with Crippen molar-refractivity contribution < 1.29 is 4.79 Å². The number of halogens is 1. The van der Waals surface area contributed by atoms with Crippen LogP contribution in [-0.2, 0) is 11.3 Å². The van der Waals surface area contributed by atoms with Crippen molar-refractivity contribution in [1.82, 2.24) is 15.1 Å². The molecule has 30 heavy (non-hydrogen) atoms. The highest BCUT2D eigenvalue weighted by molar-refractivity contribution is 14.0. The van der Waals surface area contributed by atoms with Gasteiger partial charge < -0.3 is 20.0 Å². The van der Waals surface area contributed by atoms with Crippen LogP contribution in [0.2, 0.25) is 0 Å². The molecular formula is C23H32IN5O. The van der Waals surface area contributed by atoms with Gasteiger partial charge >= 0.3 is 0 Å². The minimum atomic E-state index is 0. The summed E-state index contributed by atoms with van der Waals surface area (Å²) in [7, 11) is 3.92. The van der Waals surface area contributed by atoms with Crippen molar-refractivity contribution in [3.05, 3.63) is 66.2 Å². The Morgan fingerprint density at radius 2 is 1.57 bits per heavy atom. The summed E-state index contributed by atoms with van der Waals surface area (Å²) in [6, 6.07) is 20.6. The van der Waals surface area contributed by atoms with E-state index < -0.39 is 0 Å². The van der Waals surface area contributed by atoms with Gasteiger partial charge in [-0.3, -0.25) is 4.79 Å². The fourth-order valence-corrected chi connectivity index (χ4v) is 3.40. The molecule has 2 aromatic carbocycles. The molecule has 0 bridgehead atoms. The van der Waals surface area contributed by atoms with Crippen molar-refractivity contribution in [2.45, 2.75) is 13.0 Å². The van der Waals surface area contributed by atoms with Gasteiger partial charge in [-0.2, -0.15) is 0 Å². The molecule has 1 N–H and O–H groups in total. The summed E-state index contributed by atoms with van der Waals surface area (Å²) in [4.78, 5) is 23.5. The number of rotatable bonds is 6. The maximum atomic E-state index is 12.6. The lowest BCUT2D eigenvalue weighted by Crippen LogP contribution is -2.49. The average Bonchev–Trinajstić information content (AvgIpc) is 2.77. The number of carbonyl (C=O) groups excluding carboxylic acids is 1. The van der Waals surface area contributed by atoms with Gasteiger partial charge in [0.1, 0.15) is 0 Å². The number of carbonyl (C=O) groups is 1. The molecule has 0 unspecified atom stereocenters. The predicted molar refractivity (Wildman–Crippen MR) is 135 cm³/mol. The third-order valence-electron chi connectivity index (χ3n) is 5.05. The smallest absolute Gasteiger partial charge is 0.224 e. The highest BCUT2D eigenvalue weighted by Gasteiger charge is 2.20. The minimum absolute atomic E-state index is 0. The van der Waals surface area contributed by atoms with Gasteiger partial charge in [0.2, 0.25) is 5.91 Å². The maximum absolute atomic E-state index is 12.6. The largest absolute Gasteiger partial charge is 0.368 e. The van der Waals surface area contributed by atoms with Crippen molar-refractivity contribution in [1.29, 1.82) is 0 Å². The summed E-state index contributed by atoms with van der Waals surface area (Å²) in [5, 5.41) is 3.31. The van der Waals surface area contributed by atoms with Gasteiger partial charge in [-0.05, 0) is 17.7 Å². The monoisotopic (exact) mass is 521 g/mol. The third-order valence-corrected chi connectivity index (χ3v) is 5.05. The number of benzene rings is 2. The first-order valence-corrected chi connectivity index (χ1v) is 10.2. The van der Waals surface area contributed by atoms with Gasteiger partial charge in [-0.1, -0.05) is 48.5 Å². The number of hydrogen-bond donors (Lipinski definition) is 1. The molecule has 1 heterocycles. The molecule has 162 valence electrons. The number of nitrogens with one attached hydrogen (secondary N) is 1. The Hall–Kier alpha value is -2.29. The Labute approximate surface area is 197 Å². The normalized spacial score (nSPS) is 14.1. The van der Waals surface area contributed by atoms with Crippen LogP contribution in [0.4, 0.5) is 5.69 Å². The van der Waals surface area contributed by atoms with E-state index in [4.69, 9.17) is 0 Å². The van der Waals surface area contributed by atoms with E-state index >= 15 is 0 Å². The molecule has 0 atom stereocenters. The summed E-state index contributed by atoms with van der Waals surface area (Å²) < 4.78 is 0. The zero-order valence-corrected chi connectivity index (χ0v) is 20.2. The number of guanidine groups is 1. The zero-order chi connectivity index (χ0) is 20.5. The van der Waals surface area contributed by atoms with Crippen molar-refractivity contribution in [2.24, 2.45) is 4.99 Å². The van der Waals surface area contributed by atoms with Crippen LogP contribution in [0, 0.1) is 0 Å². The molecule has 6 nitrogen and oxygen atoms in total. The summed E-state index contributed by atoms with van der Waals surface area (Å²) >= 11 is 0. The van der Waals surface area contributed by atoms with E-state index in [1.165, 1.54) is 11.3 Å². The molecule has 1 saturated heterocycles. The zero-order valence-electron chi connectivity index (χ0n) is 17.8. The average molecular weight is 521 g/mol. The van der Waals surface area contributed by atoms with E-state index in [1.54, 1.807) is 0 Å². The standard InChI is InChI=1S/C23H31N5O.HI/c1-26(2)23(25-19-20-9-5-3-6-10-20)24-14-13-22(29)28-17-15-27(16-18-28)21-11-7-4-8-12-21;/h3-12H,13-19H2,1-2H3,(H,24,25);1H. The van der Waals surface area contributed by atoms with E-state index in [2.05, 4.69) is 51.6 Å². The molecule has 1 aliphatic rings. The fraction of sp³-hybridized carbons (Fsp3) is 0.391. The van der Waals surface area contributed by atoms with Crippen LogP contribution in [0.25, 0.3) is 0 Å². The Morgan fingerprint density at radius 3 is 2.17 bits per heavy atom. The summed E-state index contributed by atoms with van der Waals surface area (Å²) in [6.45, 7) is 4.52. The number of anilines is 1. The van der Waals surface area contributed by atoms with Crippen LogP contribution in [0.3, 0.4) is 0 Å². The van der Waals surface area contributed by atoms with Gasteiger partial charge in [0.25, 0.3) is 0 Å². The second-order valence-electron chi connectivity index (χ2n) is 7.40. The first-order valence-electron chi connectivity index (χ1n) is 10.2. The number of para-hydroxylation sites is 1. The van der Waals surface area contributed by atoms with Crippen LogP contribution < -0.4 is 10.2 Å². The lowest BCUT2D eigenvalue weighted by atomic mass is 10.2. The number of aliphatic imine (C=N–C) groups is 1. The Balaban J connectivity index is 0.00000320. The molecule has 0 spiro atoms. The fourth-order valence-electron chi connectivity index (χ4n) is 3.40. The predicted octanol–water partition coefficient (Wildman–Crippen LogP) is 3.05. The molecular weight excluding hydrogens is 489 g/mol.